The van der Waals surface area contributed by atoms with Gasteiger partial charge in [0.15, 0.2) is 5.82 Å². The van der Waals surface area contributed by atoms with Crippen LogP contribution in [0, 0.1) is 0 Å². The number of nitrogen functional groups attached to an aromatic ring is 1. The van der Waals surface area contributed by atoms with E-state index in [9.17, 15) is 4.79 Å². The van der Waals surface area contributed by atoms with Crippen LogP contribution in [0.15, 0.2) is 46.9 Å². The number of nitrogens with two attached hydrogens (primary N) is 1. The zero-order valence-corrected chi connectivity index (χ0v) is 17.2. The predicted octanol–water partition coefficient (Wildman–Crippen LogP) is 4.33. The zero-order valence-electron chi connectivity index (χ0n) is 15.6. The van der Waals surface area contributed by atoms with Crippen LogP contribution in [-0.2, 0) is 30.5 Å². The molecule has 3 aromatic rings. The molecule has 1 heterocycles. The van der Waals surface area contributed by atoms with Gasteiger partial charge in [0.2, 0.25) is 5.91 Å². The number of nitrogens with one attached hydrogen (secondary N) is 1. The fourth-order valence-electron chi connectivity index (χ4n) is 3.51. The molecule has 0 atom stereocenters. The highest BCUT2D eigenvalue weighted by Crippen LogP contribution is 2.33. The molecule has 28 heavy (non-hydrogen) atoms. The van der Waals surface area contributed by atoms with Crippen LogP contribution in [0.5, 0.6) is 0 Å². The van der Waals surface area contributed by atoms with E-state index in [0.717, 1.165) is 51.2 Å². The Morgan fingerprint density at radius 3 is 2.68 bits per heavy atom. The summed E-state index contributed by atoms with van der Waals surface area (Å²) in [4.78, 5) is 22.2. The number of fused-ring (bicyclic) bond motifs is 3. The molecule has 6 heteroatoms. The number of hydrogen-bond acceptors (Lipinski definition) is 4. The van der Waals surface area contributed by atoms with Crippen molar-refractivity contribution < 1.29 is 4.79 Å². The van der Waals surface area contributed by atoms with Crippen LogP contribution >= 0.6 is 15.9 Å². The van der Waals surface area contributed by atoms with Crippen LogP contribution < -0.4 is 11.1 Å². The molecular weight excluding hydrogens is 416 g/mol. The molecule has 0 fully saturated rings. The average Bonchev–Trinajstić information content (AvgIpc) is 2.68. The number of carbonyl (C=O) groups excluding carboxylic acids is 1. The molecule has 1 aromatic heterocycles. The van der Waals surface area contributed by atoms with Crippen molar-refractivity contribution in [2.45, 2.75) is 32.6 Å². The van der Waals surface area contributed by atoms with E-state index in [1.165, 1.54) is 5.56 Å². The first-order chi connectivity index (χ1) is 13.5. The molecule has 0 spiro atoms. The van der Waals surface area contributed by atoms with Gasteiger partial charge in [-0.05, 0) is 54.7 Å². The Kier molecular flexibility index (Phi) is 5.13. The average molecular weight is 437 g/mol. The summed E-state index contributed by atoms with van der Waals surface area (Å²) in [6.45, 7) is 2.02. The quantitative estimate of drug-likeness (QED) is 0.596. The Labute approximate surface area is 172 Å². The third-order valence-electron chi connectivity index (χ3n) is 4.93. The summed E-state index contributed by atoms with van der Waals surface area (Å²) in [5.74, 6) is 0.484. The smallest absolute Gasteiger partial charge is 0.229 e. The second kappa shape index (κ2) is 7.72. The minimum Gasteiger partial charge on any atom is -0.399 e. The number of carbonyl (C=O) groups is 1. The summed E-state index contributed by atoms with van der Waals surface area (Å²) in [7, 11) is 0. The van der Waals surface area contributed by atoms with Crippen LogP contribution in [-0.4, -0.2) is 15.9 Å². The van der Waals surface area contributed by atoms with Gasteiger partial charge in [0.1, 0.15) is 0 Å². The van der Waals surface area contributed by atoms with Crippen molar-refractivity contribution in [3.63, 3.8) is 0 Å². The number of nitrogens with zero attached hydrogens (tertiary/aromatic N) is 2. The van der Waals surface area contributed by atoms with Crippen LogP contribution in [0.25, 0.3) is 11.3 Å². The normalized spacial score (nSPS) is 12.2. The lowest BCUT2D eigenvalue weighted by atomic mass is 9.91. The molecule has 0 saturated carbocycles. The van der Waals surface area contributed by atoms with Gasteiger partial charge in [-0.25, -0.2) is 9.97 Å². The maximum Gasteiger partial charge on any atom is 0.229 e. The van der Waals surface area contributed by atoms with Crippen molar-refractivity contribution in [1.29, 1.82) is 0 Å². The highest BCUT2D eigenvalue weighted by molar-refractivity contribution is 9.10. The van der Waals surface area contributed by atoms with Gasteiger partial charge in [-0.2, -0.15) is 0 Å². The first kappa shape index (κ1) is 18.6. The summed E-state index contributed by atoms with van der Waals surface area (Å²) in [6, 6.07) is 13.7. The summed E-state index contributed by atoms with van der Waals surface area (Å²) in [5, 5.41) is 2.96. The number of aryl methyl sites for hydroxylation is 3. The fraction of sp³-hybridized carbons (Fsp3) is 0.227. The lowest BCUT2D eigenvalue weighted by molar-refractivity contribution is -0.115. The van der Waals surface area contributed by atoms with Gasteiger partial charge in [-0.3, -0.25) is 4.79 Å². The second-order valence-electron chi connectivity index (χ2n) is 6.94. The van der Waals surface area contributed by atoms with Crippen LogP contribution in [0.1, 0.15) is 29.4 Å². The Bertz CT molecular complexity index is 1050. The molecule has 2 aromatic carbocycles. The van der Waals surface area contributed by atoms with E-state index in [4.69, 9.17) is 15.7 Å². The lowest BCUT2D eigenvalue weighted by Crippen LogP contribution is -2.19. The van der Waals surface area contributed by atoms with Gasteiger partial charge in [0, 0.05) is 15.7 Å². The number of halogens is 1. The molecule has 0 saturated heterocycles. The molecular formula is C22H21BrN4O. The van der Waals surface area contributed by atoms with Crippen molar-refractivity contribution in [1.82, 2.24) is 9.97 Å². The summed E-state index contributed by atoms with van der Waals surface area (Å²) < 4.78 is 0.993. The molecule has 1 aliphatic carbocycles. The maximum absolute atomic E-state index is 12.5. The highest BCUT2D eigenvalue weighted by atomic mass is 79.9. The van der Waals surface area contributed by atoms with Gasteiger partial charge < -0.3 is 11.1 Å². The van der Waals surface area contributed by atoms with Crippen molar-refractivity contribution in [3.8, 4) is 11.3 Å². The second-order valence-corrected chi connectivity index (χ2v) is 7.85. The summed E-state index contributed by atoms with van der Waals surface area (Å²) in [5.41, 5.74) is 12.6. The molecule has 1 amide bonds. The van der Waals surface area contributed by atoms with E-state index >= 15 is 0 Å². The van der Waals surface area contributed by atoms with E-state index in [-0.39, 0.29) is 5.91 Å². The van der Waals surface area contributed by atoms with E-state index in [0.29, 0.717) is 18.7 Å². The van der Waals surface area contributed by atoms with Crippen molar-refractivity contribution >= 4 is 33.3 Å². The molecule has 0 unspecified atom stereocenters. The number of hydrogen-bond donors (Lipinski definition) is 2. The third-order valence-corrected chi connectivity index (χ3v) is 5.46. The van der Waals surface area contributed by atoms with Crippen molar-refractivity contribution in [2.75, 3.05) is 11.1 Å². The molecule has 1 aliphatic rings. The van der Waals surface area contributed by atoms with Crippen molar-refractivity contribution in [3.05, 3.63) is 69.5 Å². The van der Waals surface area contributed by atoms with E-state index < -0.39 is 0 Å². The minimum atomic E-state index is -0.0877. The maximum atomic E-state index is 12.5. The minimum absolute atomic E-state index is 0.0877. The molecule has 5 nitrogen and oxygen atoms in total. The van der Waals surface area contributed by atoms with Gasteiger partial charge in [0.25, 0.3) is 0 Å². The SMILES string of the molecule is CCc1nc2c(nc1NC(=O)Cc1ccc(Br)cc1)CCc1cc(N)ccc1-2. The number of benzene rings is 2. The number of anilines is 2. The molecule has 142 valence electrons. The van der Waals surface area contributed by atoms with E-state index in [1.54, 1.807) is 0 Å². The molecule has 4 rings (SSSR count). The van der Waals surface area contributed by atoms with Crippen LogP contribution in [0.4, 0.5) is 11.5 Å². The number of aromatic nitrogens is 2. The zero-order chi connectivity index (χ0) is 19.7. The molecule has 3 N–H and O–H groups in total. The largest absolute Gasteiger partial charge is 0.399 e. The molecule has 0 aliphatic heterocycles. The highest BCUT2D eigenvalue weighted by Gasteiger charge is 2.22. The summed E-state index contributed by atoms with van der Waals surface area (Å²) in [6.07, 6.45) is 2.66. The number of rotatable bonds is 4. The predicted molar refractivity (Wildman–Crippen MR) is 115 cm³/mol. The topological polar surface area (TPSA) is 80.9 Å². The van der Waals surface area contributed by atoms with E-state index in [2.05, 4.69) is 21.2 Å². The van der Waals surface area contributed by atoms with Crippen LogP contribution in [0.3, 0.4) is 0 Å². The standard InChI is InChI=1S/C22H21BrN4O/c1-2-18-22(27-20(28)11-13-3-6-15(23)7-4-13)26-19-10-5-14-12-16(24)8-9-17(14)21(19)25-18/h3-4,6-9,12H,2,5,10-11,24H2,1H3,(H,26,27,28). The monoisotopic (exact) mass is 436 g/mol. The molecule has 0 radical (unpaired) electrons. The fourth-order valence-corrected chi connectivity index (χ4v) is 3.77. The van der Waals surface area contributed by atoms with E-state index in [1.807, 2.05) is 49.4 Å². The van der Waals surface area contributed by atoms with Gasteiger partial charge in [0.05, 0.1) is 23.5 Å². The Balaban J connectivity index is 1.61. The van der Waals surface area contributed by atoms with Gasteiger partial charge in [-0.15, -0.1) is 0 Å². The Morgan fingerprint density at radius 2 is 1.93 bits per heavy atom. The van der Waals surface area contributed by atoms with Crippen molar-refractivity contribution in [2.24, 2.45) is 0 Å². The first-order valence-electron chi connectivity index (χ1n) is 9.36. The lowest BCUT2D eigenvalue weighted by Gasteiger charge is -2.21. The van der Waals surface area contributed by atoms with Crippen LogP contribution in [0.2, 0.25) is 0 Å². The Hall–Kier alpha value is -2.73. The summed E-state index contributed by atoms with van der Waals surface area (Å²) >= 11 is 3.41. The van der Waals surface area contributed by atoms with Gasteiger partial charge >= 0.3 is 0 Å². The third kappa shape index (κ3) is 3.78. The first-order valence-corrected chi connectivity index (χ1v) is 10.2. The van der Waals surface area contributed by atoms with Gasteiger partial charge in [-0.1, -0.05) is 41.1 Å². The molecule has 0 bridgehead atoms. The Morgan fingerprint density at radius 1 is 1.14 bits per heavy atom. The number of amides is 1.